The van der Waals surface area contributed by atoms with Crippen LogP contribution in [-0.4, -0.2) is 40.5 Å². The van der Waals surface area contributed by atoms with Crippen LogP contribution in [0.4, 0.5) is 0 Å². The van der Waals surface area contributed by atoms with Crippen molar-refractivity contribution >= 4 is 11.8 Å². The molecular formula is C15H26N2O3. The minimum Gasteiger partial charge on any atom is -0.396 e. The molecule has 2 amide bonds. The fourth-order valence-corrected chi connectivity index (χ4v) is 3.97. The van der Waals surface area contributed by atoms with Gasteiger partial charge >= 0.3 is 0 Å². The molecule has 5 nitrogen and oxygen atoms in total. The van der Waals surface area contributed by atoms with Gasteiger partial charge in [-0.2, -0.15) is 0 Å². The average molecular weight is 282 g/mol. The fourth-order valence-electron chi connectivity index (χ4n) is 3.97. The second kappa shape index (κ2) is 5.72. The van der Waals surface area contributed by atoms with Gasteiger partial charge in [0.1, 0.15) is 0 Å². The molecule has 1 saturated carbocycles. The number of nitrogens with two attached hydrogens (primary N) is 1. The Morgan fingerprint density at radius 1 is 1.40 bits per heavy atom. The minimum atomic E-state index is -0.321. The standard InChI is InChI=1S/C15H26N2O3/c1-10(2)14(20)17-6-3-5-15(17)8-11(9-15)12(4-7-18)13(16)19/h10-12,18H,3-9H2,1-2H3,(H2,16,19)/t11?,12-,15?/m1/s1. The van der Waals surface area contributed by atoms with Crippen molar-refractivity contribution in [2.75, 3.05) is 13.2 Å². The molecule has 1 aliphatic carbocycles. The highest BCUT2D eigenvalue weighted by Gasteiger charge is 2.54. The summed E-state index contributed by atoms with van der Waals surface area (Å²) >= 11 is 0. The van der Waals surface area contributed by atoms with Crippen LogP contribution in [0.1, 0.15) is 46.0 Å². The topological polar surface area (TPSA) is 83.6 Å². The number of rotatable bonds is 5. The molecule has 0 bridgehead atoms. The second-order valence-corrected chi connectivity index (χ2v) is 6.66. The van der Waals surface area contributed by atoms with Gasteiger partial charge in [0, 0.05) is 30.5 Å². The molecular weight excluding hydrogens is 256 g/mol. The van der Waals surface area contributed by atoms with E-state index in [2.05, 4.69) is 0 Å². The summed E-state index contributed by atoms with van der Waals surface area (Å²) in [7, 11) is 0. The molecule has 0 radical (unpaired) electrons. The van der Waals surface area contributed by atoms with E-state index in [9.17, 15) is 9.59 Å². The van der Waals surface area contributed by atoms with Crippen LogP contribution in [0, 0.1) is 17.8 Å². The molecule has 0 aromatic carbocycles. The number of nitrogens with zero attached hydrogens (tertiary/aromatic N) is 1. The molecule has 1 spiro atoms. The van der Waals surface area contributed by atoms with Crippen molar-refractivity contribution in [2.24, 2.45) is 23.5 Å². The second-order valence-electron chi connectivity index (χ2n) is 6.66. The lowest BCUT2D eigenvalue weighted by Gasteiger charge is -2.53. The fraction of sp³-hybridized carbons (Fsp3) is 0.867. The zero-order chi connectivity index (χ0) is 14.9. The van der Waals surface area contributed by atoms with Crippen LogP contribution in [0.2, 0.25) is 0 Å². The Morgan fingerprint density at radius 3 is 2.55 bits per heavy atom. The van der Waals surface area contributed by atoms with Gasteiger partial charge in [-0.15, -0.1) is 0 Å². The molecule has 0 unspecified atom stereocenters. The monoisotopic (exact) mass is 282 g/mol. The van der Waals surface area contributed by atoms with Crippen molar-refractivity contribution in [2.45, 2.75) is 51.5 Å². The van der Waals surface area contributed by atoms with E-state index in [1.54, 1.807) is 0 Å². The third-order valence-electron chi connectivity index (χ3n) is 5.02. The number of carbonyl (C=O) groups excluding carboxylic acids is 2. The van der Waals surface area contributed by atoms with Gasteiger partial charge in [0.05, 0.1) is 0 Å². The lowest BCUT2D eigenvalue weighted by atomic mass is 9.61. The number of hydrogen-bond donors (Lipinski definition) is 2. The van der Waals surface area contributed by atoms with Gasteiger partial charge in [0.15, 0.2) is 0 Å². The van der Waals surface area contributed by atoms with Crippen molar-refractivity contribution in [3.8, 4) is 0 Å². The normalized spacial score (nSPS) is 30.6. The largest absolute Gasteiger partial charge is 0.396 e. The van der Waals surface area contributed by atoms with Crippen LogP contribution in [-0.2, 0) is 9.59 Å². The molecule has 114 valence electrons. The Labute approximate surface area is 120 Å². The number of aliphatic hydroxyl groups is 1. The van der Waals surface area contributed by atoms with Crippen molar-refractivity contribution in [1.82, 2.24) is 4.90 Å². The Balaban J connectivity index is 2.02. The summed E-state index contributed by atoms with van der Waals surface area (Å²) in [6, 6.07) is 0. The average Bonchev–Trinajstić information content (AvgIpc) is 2.77. The van der Waals surface area contributed by atoms with Gasteiger partial charge in [-0.1, -0.05) is 13.8 Å². The highest BCUT2D eigenvalue weighted by Crippen LogP contribution is 2.52. The highest BCUT2D eigenvalue weighted by molar-refractivity contribution is 5.80. The van der Waals surface area contributed by atoms with Crippen molar-refractivity contribution < 1.29 is 14.7 Å². The van der Waals surface area contributed by atoms with Crippen LogP contribution >= 0.6 is 0 Å². The molecule has 2 fully saturated rings. The predicted octanol–water partition coefficient (Wildman–Crippen LogP) is 0.898. The Bertz CT molecular complexity index is 389. The van der Waals surface area contributed by atoms with Crippen molar-refractivity contribution in [3.05, 3.63) is 0 Å². The van der Waals surface area contributed by atoms with Crippen molar-refractivity contribution in [1.29, 1.82) is 0 Å². The van der Waals surface area contributed by atoms with Gasteiger partial charge in [0.25, 0.3) is 0 Å². The SMILES string of the molecule is CC(C)C(=O)N1CCCC12CC([C@@H](CCO)C(N)=O)C2. The first kappa shape index (κ1) is 15.3. The summed E-state index contributed by atoms with van der Waals surface area (Å²) < 4.78 is 0. The maximum atomic E-state index is 12.3. The quantitative estimate of drug-likeness (QED) is 0.785. The van der Waals surface area contributed by atoms with Crippen LogP contribution in [0.5, 0.6) is 0 Å². The molecule has 5 heteroatoms. The zero-order valence-electron chi connectivity index (χ0n) is 12.5. The Morgan fingerprint density at radius 2 is 2.05 bits per heavy atom. The molecule has 1 atom stereocenters. The molecule has 0 aromatic rings. The minimum absolute atomic E-state index is 0.00819. The lowest BCUT2D eigenvalue weighted by Crippen LogP contribution is -2.59. The highest BCUT2D eigenvalue weighted by atomic mass is 16.3. The molecule has 2 rings (SSSR count). The molecule has 20 heavy (non-hydrogen) atoms. The van der Waals surface area contributed by atoms with Gasteiger partial charge in [-0.25, -0.2) is 0 Å². The maximum Gasteiger partial charge on any atom is 0.225 e. The predicted molar refractivity (Wildman–Crippen MR) is 75.6 cm³/mol. The lowest BCUT2D eigenvalue weighted by molar-refractivity contribution is -0.146. The summed E-state index contributed by atoms with van der Waals surface area (Å²) in [5, 5.41) is 9.05. The van der Waals surface area contributed by atoms with E-state index < -0.39 is 0 Å². The zero-order valence-corrected chi connectivity index (χ0v) is 12.5. The van der Waals surface area contributed by atoms with Gasteiger partial charge in [0.2, 0.25) is 11.8 Å². The van der Waals surface area contributed by atoms with Gasteiger partial charge < -0.3 is 15.7 Å². The molecule has 0 aromatic heterocycles. The molecule has 3 N–H and O–H groups in total. The van der Waals surface area contributed by atoms with Crippen LogP contribution in [0.15, 0.2) is 0 Å². The van der Waals surface area contributed by atoms with Crippen LogP contribution in [0.25, 0.3) is 0 Å². The smallest absolute Gasteiger partial charge is 0.225 e. The van der Waals surface area contributed by atoms with E-state index in [4.69, 9.17) is 10.8 Å². The molecule has 1 saturated heterocycles. The molecule has 2 aliphatic rings. The third kappa shape index (κ3) is 2.55. The van der Waals surface area contributed by atoms with E-state index >= 15 is 0 Å². The van der Waals surface area contributed by atoms with Crippen molar-refractivity contribution in [3.63, 3.8) is 0 Å². The van der Waals surface area contributed by atoms with E-state index in [-0.39, 0.29) is 41.7 Å². The summed E-state index contributed by atoms with van der Waals surface area (Å²) in [6.07, 6.45) is 4.24. The number of carbonyl (C=O) groups is 2. The molecule has 1 aliphatic heterocycles. The van der Waals surface area contributed by atoms with Crippen LogP contribution in [0.3, 0.4) is 0 Å². The number of amides is 2. The number of primary amides is 1. The van der Waals surface area contributed by atoms with E-state index in [0.29, 0.717) is 6.42 Å². The maximum absolute atomic E-state index is 12.3. The number of hydrogen-bond acceptors (Lipinski definition) is 3. The number of aliphatic hydroxyl groups excluding tert-OH is 1. The Kier molecular flexibility index (Phi) is 4.37. The van der Waals surface area contributed by atoms with Gasteiger partial charge in [-0.05, 0) is 38.0 Å². The third-order valence-corrected chi connectivity index (χ3v) is 5.02. The van der Waals surface area contributed by atoms with Crippen LogP contribution < -0.4 is 5.73 Å². The first-order valence-electron chi connectivity index (χ1n) is 7.63. The number of likely N-dealkylation sites (tertiary alicyclic amines) is 1. The first-order valence-corrected chi connectivity index (χ1v) is 7.63. The van der Waals surface area contributed by atoms with E-state index in [1.807, 2.05) is 18.7 Å². The van der Waals surface area contributed by atoms with Gasteiger partial charge in [-0.3, -0.25) is 9.59 Å². The first-order chi connectivity index (χ1) is 9.41. The molecule has 1 heterocycles. The van der Waals surface area contributed by atoms with E-state index in [0.717, 1.165) is 32.2 Å². The summed E-state index contributed by atoms with van der Waals surface area (Å²) in [5.74, 6) is -0.104. The summed E-state index contributed by atoms with van der Waals surface area (Å²) in [6.45, 7) is 4.70. The summed E-state index contributed by atoms with van der Waals surface area (Å²) in [5.41, 5.74) is 5.40. The summed E-state index contributed by atoms with van der Waals surface area (Å²) in [4.78, 5) is 25.8. The van der Waals surface area contributed by atoms with E-state index in [1.165, 1.54) is 0 Å². The Hall–Kier alpha value is -1.10.